The number of aryl methyl sites for hydroxylation is 3. The molecule has 1 aromatic carbocycles. The maximum absolute atomic E-state index is 12.3. The van der Waals surface area contributed by atoms with E-state index >= 15 is 0 Å². The molecule has 1 heterocycles. The fourth-order valence-corrected chi connectivity index (χ4v) is 2.93. The summed E-state index contributed by atoms with van der Waals surface area (Å²) in [5.74, 6) is -0.0428. The number of aromatic nitrogens is 2. The van der Waals surface area contributed by atoms with Crippen LogP contribution in [0.2, 0.25) is 0 Å². The number of hydrogen-bond acceptors (Lipinski definition) is 4. The zero-order valence-corrected chi connectivity index (χ0v) is 15.1. The third kappa shape index (κ3) is 4.55. The summed E-state index contributed by atoms with van der Waals surface area (Å²) in [4.78, 5) is 21.2. The van der Waals surface area contributed by atoms with Gasteiger partial charge in [0.15, 0.2) is 5.16 Å². The van der Waals surface area contributed by atoms with Crippen LogP contribution < -0.4 is 5.32 Å². The van der Waals surface area contributed by atoms with Crippen molar-refractivity contribution in [3.05, 3.63) is 46.8 Å². The van der Waals surface area contributed by atoms with Crippen molar-refractivity contribution in [3.8, 4) is 0 Å². The molecular weight excluding hydrogens is 306 g/mol. The maximum atomic E-state index is 12.3. The first-order valence-corrected chi connectivity index (χ1v) is 8.67. The second-order valence-electron chi connectivity index (χ2n) is 5.60. The van der Waals surface area contributed by atoms with E-state index in [-0.39, 0.29) is 11.2 Å². The predicted molar refractivity (Wildman–Crippen MR) is 96.0 cm³/mol. The fraction of sp³-hybridized carbons (Fsp3) is 0.389. The summed E-state index contributed by atoms with van der Waals surface area (Å²) in [5.41, 5.74) is 5.09. The van der Waals surface area contributed by atoms with Gasteiger partial charge in [0.05, 0.1) is 5.25 Å². The summed E-state index contributed by atoms with van der Waals surface area (Å²) in [6, 6.07) is 7.93. The molecule has 2 rings (SSSR count). The highest BCUT2D eigenvalue weighted by molar-refractivity contribution is 8.00. The SMILES string of the molecule is CCc1ccc(NC(=O)C(C)Sc2nc(C)c(C)c(C)n2)cc1. The van der Waals surface area contributed by atoms with Gasteiger partial charge in [0.25, 0.3) is 0 Å². The van der Waals surface area contributed by atoms with E-state index in [9.17, 15) is 4.79 Å². The van der Waals surface area contributed by atoms with Gasteiger partial charge in [-0.2, -0.15) is 0 Å². The Morgan fingerprint density at radius 3 is 2.22 bits per heavy atom. The molecule has 0 aliphatic rings. The molecule has 23 heavy (non-hydrogen) atoms. The summed E-state index contributed by atoms with van der Waals surface area (Å²) in [5, 5.41) is 3.32. The van der Waals surface area contributed by atoms with E-state index < -0.39 is 0 Å². The standard InChI is InChI=1S/C18H23N3OS/c1-6-15-7-9-16(10-8-15)21-17(22)14(5)23-18-19-12(3)11(2)13(4)20-18/h7-10,14H,6H2,1-5H3,(H,21,22). The first-order valence-electron chi connectivity index (χ1n) is 7.79. The lowest BCUT2D eigenvalue weighted by Crippen LogP contribution is -2.22. The molecule has 1 amide bonds. The van der Waals surface area contributed by atoms with E-state index in [0.29, 0.717) is 5.16 Å². The third-order valence-corrected chi connectivity index (χ3v) is 4.85. The lowest BCUT2D eigenvalue weighted by Gasteiger charge is -2.13. The minimum atomic E-state index is -0.262. The van der Waals surface area contributed by atoms with Gasteiger partial charge >= 0.3 is 0 Å². The average molecular weight is 329 g/mol. The summed E-state index contributed by atoms with van der Waals surface area (Å²) in [7, 11) is 0. The number of carbonyl (C=O) groups is 1. The van der Waals surface area contributed by atoms with Gasteiger partial charge in [0.2, 0.25) is 5.91 Å². The number of carbonyl (C=O) groups excluding carboxylic acids is 1. The van der Waals surface area contributed by atoms with E-state index in [0.717, 1.165) is 29.1 Å². The van der Waals surface area contributed by atoms with Crippen molar-refractivity contribution in [2.24, 2.45) is 0 Å². The highest BCUT2D eigenvalue weighted by Crippen LogP contribution is 2.23. The van der Waals surface area contributed by atoms with Crippen LogP contribution in [0, 0.1) is 20.8 Å². The lowest BCUT2D eigenvalue weighted by atomic mass is 10.1. The number of nitrogens with zero attached hydrogens (tertiary/aromatic N) is 2. The zero-order chi connectivity index (χ0) is 17.0. The van der Waals surface area contributed by atoms with Crippen molar-refractivity contribution in [1.29, 1.82) is 0 Å². The fourth-order valence-electron chi connectivity index (χ4n) is 2.07. The van der Waals surface area contributed by atoms with Crippen LogP contribution in [0.3, 0.4) is 0 Å². The van der Waals surface area contributed by atoms with Gasteiger partial charge in [-0.15, -0.1) is 0 Å². The average Bonchev–Trinajstić information content (AvgIpc) is 2.53. The Bertz CT molecular complexity index is 675. The minimum absolute atomic E-state index is 0.0428. The summed E-state index contributed by atoms with van der Waals surface area (Å²) < 4.78 is 0. The molecule has 1 aromatic heterocycles. The molecule has 122 valence electrons. The second-order valence-corrected chi connectivity index (χ2v) is 6.91. The molecule has 2 aromatic rings. The van der Waals surface area contributed by atoms with Crippen LogP contribution in [0.4, 0.5) is 5.69 Å². The predicted octanol–water partition coefficient (Wildman–Crippen LogP) is 4.08. The summed E-state index contributed by atoms with van der Waals surface area (Å²) in [6.45, 7) is 9.92. The van der Waals surface area contributed by atoms with Crippen molar-refractivity contribution in [2.45, 2.75) is 51.4 Å². The molecule has 0 bridgehead atoms. The Labute approximate surface area is 142 Å². The molecule has 1 unspecified atom stereocenters. The molecule has 0 saturated heterocycles. The van der Waals surface area contributed by atoms with Crippen LogP contribution in [0.25, 0.3) is 0 Å². The summed E-state index contributed by atoms with van der Waals surface area (Å²) in [6.07, 6.45) is 0.990. The lowest BCUT2D eigenvalue weighted by molar-refractivity contribution is -0.115. The topological polar surface area (TPSA) is 54.9 Å². The van der Waals surface area contributed by atoms with Crippen molar-refractivity contribution in [2.75, 3.05) is 5.32 Å². The van der Waals surface area contributed by atoms with E-state index in [1.807, 2.05) is 52.0 Å². The largest absolute Gasteiger partial charge is 0.325 e. The molecule has 5 heteroatoms. The molecule has 0 aliphatic carbocycles. The molecule has 0 saturated carbocycles. The van der Waals surface area contributed by atoms with Gasteiger partial charge in [-0.1, -0.05) is 30.8 Å². The number of benzene rings is 1. The molecular formula is C18H23N3OS. The highest BCUT2D eigenvalue weighted by atomic mass is 32.2. The van der Waals surface area contributed by atoms with Crippen LogP contribution in [0.1, 0.15) is 36.4 Å². The number of amides is 1. The first-order chi connectivity index (χ1) is 10.9. The Balaban J connectivity index is 2.02. The number of hydrogen-bond donors (Lipinski definition) is 1. The Kier molecular flexibility index (Phi) is 5.77. The number of anilines is 1. The quantitative estimate of drug-likeness (QED) is 0.663. The van der Waals surface area contributed by atoms with Crippen LogP contribution in [-0.4, -0.2) is 21.1 Å². The molecule has 0 spiro atoms. The molecule has 0 fully saturated rings. The third-order valence-electron chi connectivity index (χ3n) is 3.89. The smallest absolute Gasteiger partial charge is 0.237 e. The molecule has 4 nitrogen and oxygen atoms in total. The van der Waals surface area contributed by atoms with Crippen molar-refractivity contribution in [3.63, 3.8) is 0 Å². The minimum Gasteiger partial charge on any atom is -0.325 e. The second kappa shape index (κ2) is 7.59. The van der Waals surface area contributed by atoms with Crippen LogP contribution >= 0.6 is 11.8 Å². The first kappa shape index (κ1) is 17.5. The molecule has 0 radical (unpaired) electrons. The monoisotopic (exact) mass is 329 g/mol. The number of thioether (sulfide) groups is 1. The Hall–Kier alpha value is -1.88. The maximum Gasteiger partial charge on any atom is 0.237 e. The van der Waals surface area contributed by atoms with E-state index in [4.69, 9.17) is 0 Å². The van der Waals surface area contributed by atoms with Crippen molar-refractivity contribution in [1.82, 2.24) is 9.97 Å². The summed E-state index contributed by atoms with van der Waals surface area (Å²) >= 11 is 1.38. The van der Waals surface area contributed by atoms with E-state index in [2.05, 4.69) is 22.2 Å². The highest BCUT2D eigenvalue weighted by Gasteiger charge is 2.17. The van der Waals surface area contributed by atoms with Gasteiger partial charge in [0.1, 0.15) is 0 Å². The van der Waals surface area contributed by atoms with Crippen molar-refractivity contribution >= 4 is 23.4 Å². The van der Waals surface area contributed by atoms with Gasteiger partial charge in [0, 0.05) is 17.1 Å². The number of nitrogens with one attached hydrogen (secondary N) is 1. The van der Waals surface area contributed by atoms with Crippen LogP contribution in [0.5, 0.6) is 0 Å². The van der Waals surface area contributed by atoms with Crippen LogP contribution in [-0.2, 0) is 11.2 Å². The zero-order valence-electron chi connectivity index (χ0n) is 14.3. The van der Waals surface area contributed by atoms with Crippen molar-refractivity contribution < 1.29 is 4.79 Å². The van der Waals surface area contributed by atoms with Gasteiger partial charge in [-0.3, -0.25) is 4.79 Å². The number of rotatable bonds is 5. The van der Waals surface area contributed by atoms with Crippen LogP contribution in [0.15, 0.2) is 29.4 Å². The molecule has 0 aliphatic heterocycles. The Morgan fingerprint density at radius 1 is 1.13 bits per heavy atom. The normalized spacial score (nSPS) is 12.0. The molecule has 1 N–H and O–H groups in total. The Morgan fingerprint density at radius 2 is 1.70 bits per heavy atom. The van der Waals surface area contributed by atoms with E-state index in [1.54, 1.807) is 0 Å². The molecule has 1 atom stereocenters. The van der Waals surface area contributed by atoms with Gasteiger partial charge < -0.3 is 5.32 Å². The van der Waals surface area contributed by atoms with Gasteiger partial charge in [-0.05, 0) is 57.4 Å². The van der Waals surface area contributed by atoms with E-state index in [1.165, 1.54) is 17.3 Å². The van der Waals surface area contributed by atoms with Gasteiger partial charge in [-0.25, -0.2) is 9.97 Å².